The van der Waals surface area contributed by atoms with E-state index in [4.69, 9.17) is 28.4 Å². The van der Waals surface area contributed by atoms with Gasteiger partial charge >= 0.3 is 0 Å². The van der Waals surface area contributed by atoms with Gasteiger partial charge < -0.3 is 33.5 Å². The third-order valence-corrected chi connectivity index (χ3v) is 6.69. The molecule has 0 radical (unpaired) electrons. The fourth-order valence-corrected chi connectivity index (χ4v) is 4.51. The van der Waals surface area contributed by atoms with Crippen molar-refractivity contribution in [1.29, 1.82) is 0 Å². The molecule has 2 fully saturated rings. The van der Waals surface area contributed by atoms with Crippen LogP contribution in [-0.2, 0) is 28.4 Å². The van der Waals surface area contributed by atoms with Crippen LogP contribution in [0.15, 0.2) is 23.8 Å². The average molecular weight is 443 g/mol. The molecule has 31 heavy (non-hydrogen) atoms. The predicted molar refractivity (Wildman–Crippen MR) is 119 cm³/mol. The number of ether oxygens (including phenoxy) is 6. The van der Waals surface area contributed by atoms with E-state index in [1.165, 1.54) is 0 Å². The molecular weight excluding hydrogens is 400 g/mol. The van der Waals surface area contributed by atoms with E-state index in [-0.39, 0.29) is 48.5 Å². The number of methoxy groups -OCH3 is 4. The summed E-state index contributed by atoms with van der Waals surface area (Å²) in [6.07, 6.45) is 6.18. The summed E-state index contributed by atoms with van der Waals surface area (Å²) in [6.45, 7) is 8.24. The summed E-state index contributed by atoms with van der Waals surface area (Å²) in [7, 11) is 6.68. The van der Waals surface area contributed by atoms with Crippen molar-refractivity contribution in [3.8, 4) is 0 Å². The van der Waals surface area contributed by atoms with Gasteiger partial charge in [-0.3, -0.25) is 0 Å². The summed E-state index contributed by atoms with van der Waals surface area (Å²) in [5.41, 5.74) is 1.03. The topological polar surface area (TPSA) is 78.9 Å². The molecule has 0 unspecified atom stereocenters. The second-order valence-corrected chi connectivity index (χ2v) is 8.70. The number of aliphatic hydroxyl groups excluding tert-OH is 1. The summed E-state index contributed by atoms with van der Waals surface area (Å²) >= 11 is 0. The summed E-state index contributed by atoms with van der Waals surface area (Å²) in [4.78, 5) is 0. The van der Waals surface area contributed by atoms with E-state index in [0.717, 1.165) is 12.0 Å². The van der Waals surface area contributed by atoms with Crippen molar-refractivity contribution in [2.24, 2.45) is 11.8 Å². The van der Waals surface area contributed by atoms with E-state index >= 15 is 0 Å². The standard InChI is InChI=1S/C24H42O7/c1-9-17(26-5)16(4)22-23(30-22)20(25)14(2)11-10-12-15(3)21-18(27-6)13-19(28-7)24(29-8)31-21/h10-12,14,16-25H,9,13H2,1-8H3/b11-10+,15-12+/t14-,16+,17-,18-,19+,20+,21-,22+,23+,24+/m0/s1. The lowest BCUT2D eigenvalue weighted by Gasteiger charge is -2.39. The zero-order chi connectivity index (χ0) is 23.1. The first kappa shape index (κ1) is 26.5. The Balaban J connectivity index is 1.93. The van der Waals surface area contributed by atoms with Crippen LogP contribution in [0.1, 0.15) is 40.5 Å². The Hall–Kier alpha value is -0.800. The third-order valence-electron chi connectivity index (χ3n) is 6.69. The highest BCUT2D eigenvalue weighted by molar-refractivity contribution is 5.18. The van der Waals surface area contributed by atoms with Crippen molar-refractivity contribution < 1.29 is 33.5 Å². The highest BCUT2D eigenvalue weighted by Crippen LogP contribution is 2.37. The number of rotatable bonds is 12. The lowest BCUT2D eigenvalue weighted by molar-refractivity contribution is -0.256. The fraction of sp³-hybridized carbons (Fsp3) is 0.833. The highest BCUT2D eigenvalue weighted by atomic mass is 16.7. The maximum absolute atomic E-state index is 10.7. The van der Waals surface area contributed by atoms with Crippen molar-refractivity contribution in [1.82, 2.24) is 0 Å². The Bertz CT molecular complexity index is 588. The molecule has 0 aromatic heterocycles. The third kappa shape index (κ3) is 6.60. The van der Waals surface area contributed by atoms with Gasteiger partial charge in [-0.15, -0.1) is 0 Å². The number of hydrogen-bond acceptors (Lipinski definition) is 7. The van der Waals surface area contributed by atoms with E-state index in [0.29, 0.717) is 6.42 Å². The van der Waals surface area contributed by atoms with Gasteiger partial charge in [0.2, 0.25) is 0 Å². The van der Waals surface area contributed by atoms with Crippen molar-refractivity contribution in [2.75, 3.05) is 28.4 Å². The smallest absolute Gasteiger partial charge is 0.184 e. The SMILES string of the molecule is CC[C@H](OC)[C@@H](C)[C@H]1O[C@@H]1[C@H](O)[C@@H](C)/C=C/C=C(\C)[C@@H]1O[C@@H](OC)[C@H](OC)C[C@@H]1OC. The fourth-order valence-electron chi connectivity index (χ4n) is 4.51. The van der Waals surface area contributed by atoms with E-state index in [9.17, 15) is 5.11 Å². The minimum absolute atomic E-state index is 0.0380. The van der Waals surface area contributed by atoms with Gasteiger partial charge in [0.25, 0.3) is 0 Å². The van der Waals surface area contributed by atoms with E-state index in [1.807, 2.05) is 32.1 Å². The van der Waals surface area contributed by atoms with Crippen molar-refractivity contribution in [3.63, 3.8) is 0 Å². The second kappa shape index (κ2) is 12.4. The average Bonchev–Trinajstić information content (AvgIpc) is 3.58. The molecule has 2 aliphatic rings. The van der Waals surface area contributed by atoms with Crippen molar-refractivity contribution >= 4 is 0 Å². The van der Waals surface area contributed by atoms with Crippen LogP contribution >= 0.6 is 0 Å². The molecule has 2 aliphatic heterocycles. The summed E-state index contributed by atoms with van der Waals surface area (Å²) in [5.74, 6) is 0.219. The molecule has 2 saturated heterocycles. The Labute approximate surface area is 187 Å². The van der Waals surface area contributed by atoms with Crippen LogP contribution in [0, 0.1) is 11.8 Å². The zero-order valence-electron chi connectivity index (χ0n) is 20.3. The molecule has 0 bridgehead atoms. The molecule has 0 aromatic carbocycles. The van der Waals surface area contributed by atoms with Gasteiger partial charge in [0, 0.05) is 46.7 Å². The first-order valence-electron chi connectivity index (χ1n) is 11.3. The number of hydrogen-bond donors (Lipinski definition) is 1. The van der Waals surface area contributed by atoms with E-state index in [1.54, 1.807) is 28.4 Å². The minimum Gasteiger partial charge on any atom is -0.390 e. The number of aliphatic hydroxyl groups is 1. The van der Waals surface area contributed by atoms with E-state index in [2.05, 4.69) is 13.8 Å². The molecule has 7 nitrogen and oxygen atoms in total. The molecule has 0 aromatic rings. The number of epoxide rings is 1. The molecule has 7 heteroatoms. The molecular formula is C24H42O7. The first-order valence-corrected chi connectivity index (χ1v) is 11.3. The Morgan fingerprint density at radius 3 is 2.26 bits per heavy atom. The lowest BCUT2D eigenvalue weighted by Crippen LogP contribution is -2.49. The van der Waals surface area contributed by atoms with Gasteiger partial charge in [0.05, 0.1) is 24.4 Å². The maximum atomic E-state index is 10.7. The van der Waals surface area contributed by atoms with Crippen LogP contribution in [0.3, 0.4) is 0 Å². The number of allylic oxidation sites excluding steroid dienone is 2. The summed E-state index contributed by atoms with van der Waals surface area (Å²) < 4.78 is 33.9. The largest absolute Gasteiger partial charge is 0.390 e. The molecule has 2 rings (SSSR count). The molecule has 0 amide bonds. The van der Waals surface area contributed by atoms with Gasteiger partial charge in [-0.25, -0.2) is 0 Å². The van der Waals surface area contributed by atoms with E-state index < -0.39 is 12.4 Å². The van der Waals surface area contributed by atoms with Crippen LogP contribution in [0.5, 0.6) is 0 Å². The molecule has 2 heterocycles. The van der Waals surface area contributed by atoms with Crippen LogP contribution in [0.4, 0.5) is 0 Å². The first-order chi connectivity index (χ1) is 14.8. The predicted octanol–water partition coefficient (Wildman–Crippen LogP) is 3.11. The molecule has 0 spiro atoms. The van der Waals surface area contributed by atoms with Crippen LogP contribution in [-0.4, -0.2) is 82.6 Å². The highest BCUT2D eigenvalue weighted by Gasteiger charge is 2.50. The monoisotopic (exact) mass is 442 g/mol. The normalized spacial score (nSPS) is 35.7. The quantitative estimate of drug-likeness (QED) is 0.367. The van der Waals surface area contributed by atoms with Gasteiger partial charge in [-0.2, -0.15) is 0 Å². The second-order valence-electron chi connectivity index (χ2n) is 8.70. The Morgan fingerprint density at radius 2 is 1.71 bits per heavy atom. The molecule has 0 saturated carbocycles. The van der Waals surface area contributed by atoms with Gasteiger partial charge in [-0.05, 0) is 18.9 Å². The minimum atomic E-state index is -0.551. The Morgan fingerprint density at radius 1 is 1.03 bits per heavy atom. The van der Waals surface area contributed by atoms with Crippen LogP contribution in [0.25, 0.3) is 0 Å². The molecule has 0 aliphatic carbocycles. The van der Waals surface area contributed by atoms with Crippen LogP contribution in [0.2, 0.25) is 0 Å². The molecule has 1 N–H and O–H groups in total. The molecule has 10 atom stereocenters. The van der Waals surface area contributed by atoms with Gasteiger partial charge in [-0.1, -0.05) is 39.0 Å². The summed E-state index contributed by atoms with van der Waals surface area (Å²) in [5, 5.41) is 10.7. The Kier molecular flexibility index (Phi) is 10.6. The summed E-state index contributed by atoms with van der Waals surface area (Å²) in [6, 6.07) is 0. The van der Waals surface area contributed by atoms with Crippen molar-refractivity contribution in [2.45, 2.75) is 89.6 Å². The van der Waals surface area contributed by atoms with Crippen molar-refractivity contribution in [3.05, 3.63) is 23.8 Å². The van der Waals surface area contributed by atoms with Gasteiger partial charge in [0.15, 0.2) is 6.29 Å². The molecule has 180 valence electrons. The van der Waals surface area contributed by atoms with Crippen LogP contribution < -0.4 is 0 Å². The lowest BCUT2D eigenvalue weighted by atomic mass is 9.91. The maximum Gasteiger partial charge on any atom is 0.184 e. The zero-order valence-corrected chi connectivity index (χ0v) is 20.3. The van der Waals surface area contributed by atoms with Gasteiger partial charge in [0.1, 0.15) is 18.3 Å².